The summed E-state index contributed by atoms with van der Waals surface area (Å²) in [5.41, 5.74) is 0. The summed E-state index contributed by atoms with van der Waals surface area (Å²) in [6, 6.07) is 0.624. The van der Waals surface area contributed by atoms with Gasteiger partial charge in [-0.2, -0.15) is 9.37 Å². The quantitative estimate of drug-likeness (QED) is 0.769. The fourth-order valence-corrected chi connectivity index (χ4v) is 1.76. The molecule has 5 heteroatoms. The van der Waals surface area contributed by atoms with Crippen LogP contribution in [0.5, 0.6) is 0 Å². The van der Waals surface area contributed by atoms with E-state index in [9.17, 15) is 13.2 Å². The molecule has 0 aliphatic heterocycles. The molecule has 1 saturated carbocycles. The lowest BCUT2D eigenvalue weighted by atomic mass is 9.82. The summed E-state index contributed by atoms with van der Waals surface area (Å²) in [6.45, 7) is 2.08. The highest BCUT2D eigenvalue weighted by molar-refractivity contribution is 5.38. The number of hydrogen-bond donors (Lipinski definition) is 1. The number of pyridine rings is 1. The zero-order valence-corrected chi connectivity index (χ0v) is 8.23. The fourth-order valence-electron chi connectivity index (χ4n) is 1.76. The Bertz CT molecular complexity index is 375. The summed E-state index contributed by atoms with van der Waals surface area (Å²) >= 11 is 0. The topological polar surface area (TPSA) is 24.9 Å². The van der Waals surface area contributed by atoms with Crippen molar-refractivity contribution >= 4 is 5.82 Å². The smallest absolute Gasteiger partial charge is 0.251 e. The monoisotopic (exact) mass is 216 g/mol. The van der Waals surface area contributed by atoms with Crippen molar-refractivity contribution < 1.29 is 13.2 Å². The fraction of sp³-hybridized carbons (Fsp3) is 0.500. The van der Waals surface area contributed by atoms with Crippen LogP contribution in [0.3, 0.4) is 0 Å². The van der Waals surface area contributed by atoms with Crippen molar-refractivity contribution in [3.8, 4) is 0 Å². The molecule has 2 nitrogen and oxygen atoms in total. The van der Waals surface area contributed by atoms with Gasteiger partial charge < -0.3 is 5.32 Å². The maximum atomic E-state index is 13.1. The van der Waals surface area contributed by atoms with Crippen molar-refractivity contribution in [3.63, 3.8) is 0 Å². The SMILES string of the molecule is CC1CC(Nc2nc(F)c(F)cc2F)C1. The molecule has 2 rings (SSSR count). The maximum absolute atomic E-state index is 13.1. The van der Waals surface area contributed by atoms with E-state index in [0.717, 1.165) is 12.8 Å². The van der Waals surface area contributed by atoms with E-state index in [4.69, 9.17) is 0 Å². The lowest BCUT2D eigenvalue weighted by Gasteiger charge is -2.33. The Morgan fingerprint density at radius 3 is 2.53 bits per heavy atom. The normalized spacial score (nSPS) is 24.8. The van der Waals surface area contributed by atoms with E-state index in [1.54, 1.807) is 0 Å². The Balaban J connectivity index is 2.11. The highest BCUT2D eigenvalue weighted by atomic mass is 19.2. The minimum Gasteiger partial charge on any atom is -0.365 e. The van der Waals surface area contributed by atoms with Crippen LogP contribution < -0.4 is 5.32 Å². The van der Waals surface area contributed by atoms with Crippen LogP contribution in [0.15, 0.2) is 6.07 Å². The largest absolute Gasteiger partial charge is 0.365 e. The van der Waals surface area contributed by atoms with Crippen LogP contribution in [-0.4, -0.2) is 11.0 Å². The second kappa shape index (κ2) is 3.72. The maximum Gasteiger partial charge on any atom is 0.251 e. The van der Waals surface area contributed by atoms with Crippen molar-refractivity contribution in [2.45, 2.75) is 25.8 Å². The highest BCUT2D eigenvalue weighted by Gasteiger charge is 2.26. The molecule has 0 radical (unpaired) electrons. The van der Waals surface area contributed by atoms with E-state index in [2.05, 4.69) is 17.2 Å². The van der Waals surface area contributed by atoms with Gasteiger partial charge in [-0.05, 0) is 18.8 Å². The molecule has 1 fully saturated rings. The van der Waals surface area contributed by atoms with E-state index >= 15 is 0 Å². The van der Waals surface area contributed by atoms with E-state index in [-0.39, 0.29) is 11.9 Å². The van der Waals surface area contributed by atoms with Crippen molar-refractivity contribution in [2.24, 2.45) is 5.92 Å². The minimum absolute atomic E-state index is 0.117. The van der Waals surface area contributed by atoms with Crippen LogP contribution in [0, 0.1) is 23.5 Å². The van der Waals surface area contributed by atoms with Crippen molar-refractivity contribution in [3.05, 3.63) is 23.6 Å². The molecule has 1 heterocycles. The predicted octanol–water partition coefficient (Wildman–Crippen LogP) is 2.71. The number of aromatic nitrogens is 1. The summed E-state index contributed by atoms with van der Waals surface area (Å²) in [7, 11) is 0. The van der Waals surface area contributed by atoms with Gasteiger partial charge in [0.25, 0.3) is 5.95 Å². The van der Waals surface area contributed by atoms with Crippen molar-refractivity contribution in [1.82, 2.24) is 4.98 Å². The first-order valence-electron chi connectivity index (χ1n) is 4.84. The van der Waals surface area contributed by atoms with E-state index in [1.807, 2.05) is 0 Å². The molecule has 0 atom stereocenters. The first-order chi connectivity index (χ1) is 7.06. The summed E-state index contributed by atoms with van der Waals surface area (Å²) in [4.78, 5) is 3.19. The van der Waals surface area contributed by atoms with Crippen LogP contribution in [0.1, 0.15) is 19.8 Å². The predicted molar refractivity (Wildman–Crippen MR) is 49.9 cm³/mol. The Hall–Kier alpha value is -1.26. The number of hydrogen-bond acceptors (Lipinski definition) is 2. The number of nitrogens with one attached hydrogen (secondary N) is 1. The second-order valence-electron chi connectivity index (χ2n) is 4.01. The molecule has 1 aromatic heterocycles. The molecule has 1 aliphatic rings. The summed E-state index contributed by atoms with van der Waals surface area (Å²) in [5.74, 6) is -3.00. The highest BCUT2D eigenvalue weighted by Crippen LogP contribution is 2.29. The Morgan fingerprint density at radius 2 is 1.93 bits per heavy atom. The molecule has 15 heavy (non-hydrogen) atoms. The van der Waals surface area contributed by atoms with Gasteiger partial charge in [-0.1, -0.05) is 6.92 Å². The Kier molecular flexibility index (Phi) is 2.54. The van der Waals surface area contributed by atoms with E-state index < -0.39 is 17.6 Å². The summed E-state index contributed by atoms with van der Waals surface area (Å²) < 4.78 is 38.4. The molecular formula is C10H11F3N2. The molecule has 1 N–H and O–H groups in total. The first-order valence-corrected chi connectivity index (χ1v) is 4.84. The van der Waals surface area contributed by atoms with Gasteiger partial charge in [-0.25, -0.2) is 8.78 Å². The molecular weight excluding hydrogens is 205 g/mol. The lowest BCUT2D eigenvalue weighted by molar-refractivity contribution is 0.307. The van der Waals surface area contributed by atoms with Gasteiger partial charge in [0.2, 0.25) is 0 Å². The molecule has 0 unspecified atom stereocenters. The van der Waals surface area contributed by atoms with Gasteiger partial charge >= 0.3 is 0 Å². The second-order valence-corrected chi connectivity index (χ2v) is 4.01. The van der Waals surface area contributed by atoms with Crippen LogP contribution in [-0.2, 0) is 0 Å². The van der Waals surface area contributed by atoms with Gasteiger partial charge in [0.1, 0.15) is 0 Å². The third-order valence-corrected chi connectivity index (χ3v) is 2.60. The Morgan fingerprint density at radius 1 is 1.27 bits per heavy atom. The van der Waals surface area contributed by atoms with Crippen LogP contribution in [0.2, 0.25) is 0 Å². The van der Waals surface area contributed by atoms with Crippen LogP contribution in [0.25, 0.3) is 0 Å². The molecule has 82 valence electrons. The van der Waals surface area contributed by atoms with Crippen LogP contribution >= 0.6 is 0 Å². The standard InChI is InChI=1S/C10H11F3N2/c1-5-2-6(3-5)14-10-8(12)4-7(11)9(13)15-10/h4-6H,2-3H2,1H3,(H,14,15). The Labute approximate surface area is 85.5 Å². The molecule has 0 aromatic carbocycles. The van der Waals surface area contributed by atoms with Gasteiger partial charge in [-0.3, -0.25) is 0 Å². The zero-order valence-electron chi connectivity index (χ0n) is 8.23. The third-order valence-electron chi connectivity index (χ3n) is 2.60. The summed E-state index contributed by atoms with van der Waals surface area (Å²) in [5, 5.41) is 2.75. The number of rotatable bonds is 2. The lowest BCUT2D eigenvalue weighted by Crippen LogP contribution is -2.34. The molecule has 0 spiro atoms. The minimum atomic E-state index is -1.27. The number of halogens is 3. The van der Waals surface area contributed by atoms with Gasteiger partial charge in [0, 0.05) is 12.1 Å². The molecule has 1 aliphatic carbocycles. The zero-order chi connectivity index (χ0) is 11.0. The van der Waals surface area contributed by atoms with E-state index in [0.29, 0.717) is 12.0 Å². The van der Waals surface area contributed by atoms with Crippen molar-refractivity contribution in [1.29, 1.82) is 0 Å². The van der Waals surface area contributed by atoms with Crippen LogP contribution in [0.4, 0.5) is 19.0 Å². The average Bonchev–Trinajstić information content (AvgIpc) is 2.11. The number of anilines is 1. The number of nitrogens with zero attached hydrogens (tertiary/aromatic N) is 1. The van der Waals surface area contributed by atoms with Gasteiger partial charge in [-0.15, -0.1) is 0 Å². The van der Waals surface area contributed by atoms with Gasteiger partial charge in [0.05, 0.1) is 0 Å². The van der Waals surface area contributed by atoms with Gasteiger partial charge in [0.15, 0.2) is 17.5 Å². The average molecular weight is 216 g/mol. The molecule has 1 aromatic rings. The summed E-state index contributed by atoms with van der Waals surface area (Å²) in [6.07, 6.45) is 1.81. The molecule has 0 amide bonds. The molecule has 0 bridgehead atoms. The molecule has 0 saturated heterocycles. The van der Waals surface area contributed by atoms with Crippen molar-refractivity contribution in [2.75, 3.05) is 5.32 Å². The van der Waals surface area contributed by atoms with E-state index in [1.165, 1.54) is 0 Å². The third kappa shape index (κ3) is 2.06. The first kappa shape index (κ1) is 10.3.